The predicted molar refractivity (Wildman–Crippen MR) is 104 cm³/mol. The summed E-state index contributed by atoms with van der Waals surface area (Å²) in [5.74, 6) is 0.530. The summed E-state index contributed by atoms with van der Waals surface area (Å²) >= 11 is 0. The van der Waals surface area contributed by atoms with Crippen molar-refractivity contribution in [3.05, 3.63) is 33.4 Å². The monoisotopic (exact) mass is 395 g/mol. The zero-order valence-electron chi connectivity index (χ0n) is 16.2. The van der Waals surface area contributed by atoms with Crippen LogP contribution in [0.1, 0.15) is 43.2 Å². The van der Waals surface area contributed by atoms with Crippen molar-refractivity contribution in [2.24, 2.45) is 5.92 Å². The second kappa shape index (κ2) is 8.24. The van der Waals surface area contributed by atoms with Crippen molar-refractivity contribution in [2.75, 3.05) is 32.7 Å². The lowest BCUT2D eigenvalue weighted by Gasteiger charge is -2.35. The highest BCUT2D eigenvalue weighted by Gasteiger charge is 2.32. The molecule has 0 bridgehead atoms. The minimum absolute atomic E-state index is 0.0729. The molecule has 0 amide bonds. The molecule has 2 aliphatic heterocycles. The third-order valence-corrected chi connectivity index (χ3v) is 8.00. The second-order valence-electron chi connectivity index (χ2n) is 7.85. The van der Waals surface area contributed by atoms with Crippen LogP contribution in [0.15, 0.2) is 17.0 Å². The quantitative estimate of drug-likeness (QED) is 0.565. The molecule has 8 heteroatoms. The van der Waals surface area contributed by atoms with Gasteiger partial charge >= 0.3 is 0 Å². The molecule has 27 heavy (non-hydrogen) atoms. The summed E-state index contributed by atoms with van der Waals surface area (Å²) in [6.07, 6.45) is 5.54. The molecular weight excluding hydrogens is 366 g/mol. The molecule has 0 saturated carbocycles. The van der Waals surface area contributed by atoms with E-state index in [1.165, 1.54) is 35.7 Å². The molecule has 150 valence electrons. The molecule has 0 atom stereocenters. The number of likely N-dealkylation sites (tertiary alicyclic amines) is 1. The van der Waals surface area contributed by atoms with E-state index in [1.54, 1.807) is 13.8 Å². The average Bonchev–Trinajstić information content (AvgIpc) is 2.65. The van der Waals surface area contributed by atoms with E-state index in [4.69, 9.17) is 0 Å². The SMILES string of the molecule is Cc1cc([N+](=O)[O-])cc(S(=O)(=O)N2CCC(CN3CCCCC3)CC2)c1C. The molecule has 7 nitrogen and oxygen atoms in total. The van der Waals surface area contributed by atoms with E-state index in [9.17, 15) is 18.5 Å². The van der Waals surface area contributed by atoms with Crippen molar-refractivity contribution >= 4 is 15.7 Å². The summed E-state index contributed by atoms with van der Waals surface area (Å²) < 4.78 is 27.8. The number of nitrogens with zero attached hydrogens (tertiary/aromatic N) is 3. The number of piperidine rings is 2. The van der Waals surface area contributed by atoms with Gasteiger partial charge in [0.25, 0.3) is 5.69 Å². The van der Waals surface area contributed by atoms with E-state index in [0.29, 0.717) is 30.1 Å². The molecule has 0 unspecified atom stereocenters. The van der Waals surface area contributed by atoms with Gasteiger partial charge in [-0.15, -0.1) is 0 Å². The second-order valence-corrected chi connectivity index (χ2v) is 9.76. The number of benzene rings is 1. The topological polar surface area (TPSA) is 83.8 Å². The molecule has 2 aliphatic rings. The molecule has 0 aliphatic carbocycles. The molecule has 2 fully saturated rings. The van der Waals surface area contributed by atoms with E-state index in [-0.39, 0.29) is 10.6 Å². The Morgan fingerprint density at radius 3 is 2.30 bits per heavy atom. The van der Waals surface area contributed by atoms with Crippen molar-refractivity contribution in [1.29, 1.82) is 0 Å². The molecule has 2 heterocycles. The van der Waals surface area contributed by atoms with E-state index in [2.05, 4.69) is 4.90 Å². The number of rotatable bonds is 5. The summed E-state index contributed by atoms with van der Waals surface area (Å²) in [7, 11) is -3.71. The number of nitro benzene ring substituents is 1. The maximum Gasteiger partial charge on any atom is 0.271 e. The predicted octanol–water partition coefficient (Wildman–Crippen LogP) is 3.10. The molecular formula is C19H29N3O4S. The van der Waals surface area contributed by atoms with Crippen LogP contribution in [0.5, 0.6) is 0 Å². The molecule has 0 aromatic heterocycles. The van der Waals surface area contributed by atoms with Crippen LogP contribution in [-0.2, 0) is 10.0 Å². The summed E-state index contributed by atoms with van der Waals surface area (Å²) in [6, 6.07) is 2.64. The number of hydrogen-bond acceptors (Lipinski definition) is 5. The summed E-state index contributed by atoms with van der Waals surface area (Å²) in [5.41, 5.74) is 1.05. The van der Waals surface area contributed by atoms with Gasteiger partial charge in [-0.2, -0.15) is 4.31 Å². The number of non-ortho nitro benzene ring substituents is 1. The van der Waals surface area contributed by atoms with Crippen LogP contribution in [0, 0.1) is 29.9 Å². The number of aryl methyl sites for hydroxylation is 1. The Hall–Kier alpha value is -1.51. The highest BCUT2D eigenvalue weighted by atomic mass is 32.2. The molecule has 2 saturated heterocycles. The van der Waals surface area contributed by atoms with Crippen LogP contribution in [0.25, 0.3) is 0 Å². The lowest BCUT2D eigenvalue weighted by Crippen LogP contribution is -2.42. The van der Waals surface area contributed by atoms with Crippen LogP contribution in [0.3, 0.4) is 0 Å². The average molecular weight is 396 g/mol. The Morgan fingerprint density at radius 1 is 1.07 bits per heavy atom. The van der Waals surface area contributed by atoms with Gasteiger partial charge in [-0.05, 0) is 69.7 Å². The minimum Gasteiger partial charge on any atom is -0.303 e. The summed E-state index contributed by atoms with van der Waals surface area (Å²) in [4.78, 5) is 13.2. The van der Waals surface area contributed by atoms with Crippen LogP contribution in [0.2, 0.25) is 0 Å². The van der Waals surface area contributed by atoms with Crippen LogP contribution in [-0.4, -0.2) is 55.3 Å². The van der Waals surface area contributed by atoms with Crippen molar-refractivity contribution in [1.82, 2.24) is 9.21 Å². The van der Waals surface area contributed by atoms with Gasteiger partial charge in [0.2, 0.25) is 10.0 Å². The molecule has 1 aromatic carbocycles. The summed E-state index contributed by atoms with van der Waals surface area (Å²) in [5, 5.41) is 11.1. The first-order chi connectivity index (χ1) is 12.8. The van der Waals surface area contributed by atoms with E-state index >= 15 is 0 Å². The third kappa shape index (κ3) is 4.50. The van der Waals surface area contributed by atoms with Gasteiger partial charge < -0.3 is 4.90 Å². The van der Waals surface area contributed by atoms with Crippen molar-refractivity contribution in [2.45, 2.75) is 50.8 Å². The van der Waals surface area contributed by atoms with Gasteiger partial charge in [-0.3, -0.25) is 10.1 Å². The third-order valence-electron chi connectivity index (χ3n) is 5.97. The van der Waals surface area contributed by atoms with Crippen LogP contribution < -0.4 is 0 Å². The van der Waals surface area contributed by atoms with Crippen molar-refractivity contribution in [3.63, 3.8) is 0 Å². The fraction of sp³-hybridized carbons (Fsp3) is 0.684. The van der Waals surface area contributed by atoms with E-state index in [1.807, 2.05) is 0 Å². The van der Waals surface area contributed by atoms with Gasteiger partial charge in [0.1, 0.15) is 0 Å². The lowest BCUT2D eigenvalue weighted by molar-refractivity contribution is -0.385. The van der Waals surface area contributed by atoms with Gasteiger partial charge in [0, 0.05) is 31.8 Å². The van der Waals surface area contributed by atoms with Gasteiger partial charge in [0.15, 0.2) is 0 Å². The number of hydrogen-bond donors (Lipinski definition) is 0. The molecule has 3 rings (SSSR count). The Bertz CT molecular complexity index is 795. The first-order valence-electron chi connectivity index (χ1n) is 9.77. The zero-order chi connectivity index (χ0) is 19.6. The maximum atomic E-state index is 13.1. The Balaban J connectivity index is 1.71. The lowest BCUT2D eigenvalue weighted by atomic mass is 9.96. The van der Waals surface area contributed by atoms with Gasteiger partial charge in [-0.1, -0.05) is 6.42 Å². The minimum atomic E-state index is -3.71. The van der Waals surface area contributed by atoms with Gasteiger partial charge in [0.05, 0.1) is 9.82 Å². The zero-order valence-corrected chi connectivity index (χ0v) is 17.0. The Kier molecular flexibility index (Phi) is 6.18. The van der Waals surface area contributed by atoms with Crippen LogP contribution in [0.4, 0.5) is 5.69 Å². The van der Waals surface area contributed by atoms with E-state index in [0.717, 1.165) is 32.5 Å². The van der Waals surface area contributed by atoms with Crippen molar-refractivity contribution in [3.8, 4) is 0 Å². The normalized spacial score (nSPS) is 20.7. The number of sulfonamides is 1. The van der Waals surface area contributed by atoms with E-state index < -0.39 is 14.9 Å². The first kappa shape index (κ1) is 20.2. The molecule has 0 spiro atoms. The highest BCUT2D eigenvalue weighted by molar-refractivity contribution is 7.89. The fourth-order valence-corrected chi connectivity index (χ4v) is 5.95. The smallest absolute Gasteiger partial charge is 0.271 e. The first-order valence-corrected chi connectivity index (χ1v) is 11.2. The van der Waals surface area contributed by atoms with Crippen molar-refractivity contribution < 1.29 is 13.3 Å². The number of nitro groups is 1. The van der Waals surface area contributed by atoms with Gasteiger partial charge in [-0.25, -0.2) is 8.42 Å². The highest BCUT2D eigenvalue weighted by Crippen LogP contribution is 2.30. The fourth-order valence-electron chi connectivity index (χ4n) is 4.16. The standard InChI is InChI=1S/C19H29N3O4S/c1-15-12-18(22(23)24)13-19(16(15)2)27(25,26)21-10-6-17(7-11-21)14-20-8-4-3-5-9-20/h12-13,17H,3-11,14H2,1-2H3. The molecule has 0 radical (unpaired) electrons. The summed E-state index contributed by atoms with van der Waals surface area (Å²) in [6.45, 7) is 7.78. The Labute approximate surface area is 161 Å². The molecule has 0 N–H and O–H groups in total. The largest absolute Gasteiger partial charge is 0.303 e. The maximum absolute atomic E-state index is 13.1. The van der Waals surface area contributed by atoms with Crippen LogP contribution >= 0.6 is 0 Å². The molecule has 1 aromatic rings. The Morgan fingerprint density at radius 2 is 1.70 bits per heavy atom.